The zero-order valence-electron chi connectivity index (χ0n) is 16.4. The van der Waals surface area contributed by atoms with Gasteiger partial charge in [-0.25, -0.2) is 4.98 Å². The van der Waals surface area contributed by atoms with E-state index in [4.69, 9.17) is 5.73 Å². The van der Waals surface area contributed by atoms with Crippen molar-refractivity contribution in [2.45, 2.75) is 12.5 Å². The van der Waals surface area contributed by atoms with Crippen LogP contribution < -0.4 is 16.4 Å². The molecule has 1 aromatic carbocycles. The number of hydrogen-bond donors (Lipinski definition) is 4. The van der Waals surface area contributed by atoms with Crippen LogP contribution in [0.15, 0.2) is 59.2 Å². The van der Waals surface area contributed by atoms with E-state index in [2.05, 4.69) is 20.6 Å². The number of nitrogens with one attached hydrogen (secondary N) is 2. The highest BCUT2D eigenvalue weighted by molar-refractivity contribution is 5.98. The van der Waals surface area contributed by atoms with E-state index < -0.39 is 12.0 Å². The maximum atomic E-state index is 12.6. The molecule has 0 aliphatic carbocycles. The summed E-state index contributed by atoms with van der Waals surface area (Å²) in [5.74, 6) is -0.836. The summed E-state index contributed by atoms with van der Waals surface area (Å²) in [5.41, 5.74) is 7.40. The zero-order valence-corrected chi connectivity index (χ0v) is 16.4. The third-order valence-corrected chi connectivity index (χ3v) is 4.17. The van der Waals surface area contributed by atoms with Crippen molar-refractivity contribution in [3.63, 3.8) is 0 Å². The van der Waals surface area contributed by atoms with Gasteiger partial charge in [0.05, 0.1) is 5.69 Å². The monoisotopic (exact) mass is 395 g/mol. The lowest BCUT2D eigenvalue weighted by atomic mass is 10.0. The lowest BCUT2D eigenvalue weighted by Crippen LogP contribution is -2.27. The molecule has 0 saturated heterocycles. The Morgan fingerprint density at radius 3 is 2.59 bits per heavy atom. The molecule has 0 saturated carbocycles. The first-order chi connectivity index (χ1) is 14.0. The van der Waals surface area contributed by atoms with Crippen molar-refractivity contribution in [1.29, 1.82) is 0 Å². The number of aliphatic hydroxyl groups is 1. The summed E-state index contributed by atoms with van der Waals surface area (Å²) in [6.07, 6.45) is 2.49. The molecule has 5 N–H and O–H groups in total. The number of hydrogen-bond acceptors (Lipinski definition) is 6. The molecular formula is C21H25N5O3. The molecule has 0 radical (unpaired) electrons. The van der Waals surface area contributed by atoms with Crippen LogP contribution in [0, 0.1) is 0 Å². The number of nitrogens with two attached hydrogens (primary N) is 1. The fourth-order valence-corrected chi connectivity index (χ4v) is 2.65. The van der Waals surface area contributed by atoms with Gasteiger partial charge in [-0.1, -0.05) is 30.3 Å². The van der Waals surface area contributed by atoms with Gasteiger partial charge in [0.25, 0.3) is 11.8 Å². The van der Waals surface area contributed by atoms with Crippen LogP contribution in [0.5, 0.6) is 0 Å². The summed E-state index contributed by atoms with van der Waals surface area (Å²) < 4.78 is 0. The van der Waals surface area contributed by atoms with Gasteiger partial charge in [-0.2, -0.15) is 0 Å². The zero-order chi connectivity index (χ0) is 21.2. The van der Waals surface area contributed by atoms with E-state index in [1.165, 1.54) is 25.4 Å². The molecule has 0 aliphatic heterocycles. The molecule has 8 nitrogen and oxygen atoms in total. The second kappa shape index (κ2) is 10.7. The van der Waals surface area contributed by atoms with E-state index in [0.29, 0.717) is 18.5 Å². The van der Waals surface area contributed by atoms with Crippen molar-refractivity contribution in [3.05, 3.63) is 76.8 Å². The fourth-order valence-electron chi connectivity index (χ4n) is 2.65. The standard InChI is InChI=1S/C21H25N5O3/c1-23-13-14(12-22)8-9-25-20(28)16-10-17(26-18(11-16)21(29)24-2)19(27)15-6-4-3-5-7-15/h3-7,10-13,19,27H,8-9,22H2,1-2H3,(H,24,29)(H,25,28). The van der Waals surface area contributed by atoms with Gasteiger partial charge >= 0.3 is 0 Å². The van der Waals surface area contributed by atoms with E-state index in [-0.39, 0.29) is 22.9 Å². The van der Waals surface area contributed by atoms with Crippen LogP contribution in [0.3, 0.4) is 0 Å². The predicted octanol–water partition coefficient (Wildman–Crippen LogP) is 1.19. The molecule has 1 aromatic heterocycles. The maximum Gasteiger partial charge on any atom is 0.269 e. The number of aliphatic hydroxyl groups excluding tert-OH is 1. The molecule has 1 unspecified atom stereocenters. The third kappa shape index (κ3) is 5.98. The molecule has 0 fully saturated rings. The number of pyridine rings is 1. The number of benzene rings is 1. The molecule has 29 heavy (non-hydrogen) atoms. The highest BCUT2D eigenvalue weighted by Gasteiger charge is 2.19. The Morgan fingerprint density at radius 1 is 1.24 bits per heavy atom. The number of rotatable bonds is 8. The number of nitrogens with zero attached hydrogens (tertiary/aromatic N) is 2. The van der Waals surface area contributed by atoms with E-state index in [0.717, 1.165) is 5.57 Å². The molecule has 2 aromatic rings. The van der Waals surface area contributed by atoms with E-state index in [1.807, 2.05) is 6.07 Å². The molecule has 0 spiro atoms. The first-order valence-electron chi connectivity index (χ1n) is 9.08. The first-order valence-corrected chi connectivity index (χ1v) is 9.08. The largest absolute Gasteiger partial charge is 0.404 e. The molecule has 152 valence electrons. The second-order valence-corrected chi connectivity index (χ2v) is 6.19. The van der Waals surface area contributed by atoms with Crippen LogP contribution in [0.4, 0.5) is 0 Å². The van der Waals surface area contributed by atoms with Gasteiger partial charge in [0.2, 0.25) is 0 Å². The van der Waals surface area contributed by atoms with Gasteiger partial charge in [-0.05, 0) is 35.9 Å². The van der Waals surface area contributed by atoms with Gasteiger partial charge in [-0.3, -0.25) is 14.6 Å². The second-order valence-electron chi connectivity index (χ2n) is 6.19. The number of amides is 2. The van der Waals surface area contributed by atoms with Crippen LogP contribution >= 0.6 is 0 Å². The van der Waals surface area contributed by atoms with Crippen molar-refractivity contribution in [3.8, 4) is 0 Å². The maximum absolute atomic E-state index is 12.6. The molecule has 2 rings (SSSR count). The number of aromatic nitrogens is 1. The molecule has 2 amide bonds. The van der Waals surface area contributed by atoms with Crippen molar-refractivity contribution in [2.24, 2.45) is 10.7 Å². The average Bonchev–Trinajstić information content (AvgIpc) is 2.77. The molecule has 1 atom stereocenters. The smallest absolute Gasteiger partial charge is 0.269 e. The summed E-state index contributed by atoms with van der Waals surface area (Å²) in [6.45, 7) is 0.335. The lowest BCUT2D eigenvalue weighted by Gasteiger charge is -2.14. The Bertz CT molecular complexity index is 910. The van der Waals surface area contributed by atoms with Gasteiger partial charge in [-0.15, -0.1) is 0 Å². The van der Waals surface area contributed by atoms with Crippen LogP contribution in [-0.4, -0.2) is 48.8 Å². The lowest BCUT2D eigenvalue weighted by molar-refractivity contribution is 0.0953. The highest BCUT2D eigenvalue weighted by Crippen LogP contribution is 2.21. The Hall–Kier alpha value is -3.52. The summed E-state index contributed by atoms with van der Waals surface area (Å²) in [4.78, 5) is 32.8. The minimum absolute atomic E-state index is 0.0470. The van der Waals surface area contributed by atoms with E-state index in [9.17, 15) is 14.7 Å². The minimum atomic E-state index is -1.07. The third-order valence-electron chi connectivity index (χ3n) is 4.17. The molecule has 0 aliphatic rings. The molecule has 0 bridgehead atoms. The van der Waals surface area contributed by atoms with Crippen LogP contribution in [0.2, 0.25) is 0 Å². The van der Waals surface area contributed by atoms with Crippen LogP contribution in [0.25, 0.3) is 0 Å². The summed E-state index contributed by atoms with van der Waals surface area (Å²) in [7, 11) is 3.11. The van der Waals surface area contributed by atoms with Crippen LogP contribution in [-0.2, 0) is 0 Å². The van der Waals surface area contributed by atoms with E-state index in [1.54, 1.807) is 37.5 Å². The van der Waals surface area contributed by atoms with E-state index >= 15 is 0 Å². The number of carbonyl (C=O) groups is 2. The van der Waals surface area contributed by atoms with Gasteiger partial charge in [0.15, 0.2) is 0 Å². The Balaban J connectivity index is 2.26. The summed E-state index contributed by atoms with van der Waals surface area (Å²) in [5, 5.41) is 15.9. The predicted molar refractivity (Wildman–Crippen MR) is 112 cm³/mol. The summed E-state index contributed by atoms with van der Waals surface area (Å²) in [6, 6.07) is 11.8. The first kappa shape index (κ1) is 21.8. The van der Waals surface area contributed by atoms with Crippen molar-refractivity contribution in [2.75, 3.05) is 20.6 Å². The average molecular weight is 395 g/mol. The quantitative estimate of drug-likeness (QED) is 0.499. The molecule has 1 heterocycles. The number of carbonyl (C=O) groups excluding carboxylic acids is 2. The van der Waals surface area contributed by atoms with Crippen molar-refractivity contribution >= 4 is 18.0 Å². The normalized spacial score (nSPS) is 12.6. The summed E-state index contributed by atoms with van der Waals surface area (Å²) >= 11 is 0. The topological polar surface area (TPSA) is 130 Å². The SMILES string of the molecule is CN=CC(=CN)CCNC(=O)c1cc(C(=O)NC)nc(C(O)c2ccccc2)c1. The highest BCUT2D eigenvalue weighted by atomic mass is 16.3. The Kier molecular flexibility index (Phi) is 8.05. The fraction of sp³-hybridized carbons (Fsp3) is 0.238. The van der Waals surface area contributed by atoms with Crippen molar-refractivity contribution < 1.29 is 14.7 Å². The van der Waals surface area contributed by atoms with Gasteiger partial charge in [0, 0.05) is 32.4 Å². The van der Waals surface area contributed by atoms with Crippen LogP contribution in [0.1, 0.15) is 44.6 Å². The van der Waals surface area contributed by atoms with Gasteiger partial charge < -0.3 is 21.5 Å². The molecular weight excluding hydrogens is 370 g/mol. The van der Waals surface area contributed by atoms with Gasteiger partial charge in [0.1, 0.15) is 11.8 Å². The Morgan fingerprint density at radius 2 is 1.97 bits per heavy atom. The minimum Gasteiger partial charge on any atom is -0.404 e. The Labute approximate surface area is 169 Å². The molecule has 8 heteroatoms. The van der Waals surface area contributed by atoms with Crippen molar-refractivity contribution in [1.82, 2.24) is 15.6 Å². The number of aliphatic imine (C=N–C) groups is 1.